The Morgan fingerprint density at radius 1 is 1.10 bits per heavy atom. The van der Waals surface area contributed by atoms with Crippen molar-refractivity contribution in [2.24, 2.45) is 0 Å². The third-order valence-electron chi connectivity index (χ3n) is 5.62. The first-order valence-electron chi connectivity index (χ1n) is 8.71. The van der Waals surface area contributed by atoms with Crippen LogP contribution in [0.4, 0.5) is 0 Å². The Kier molecular flexibility index (Phi) is 4.77. The molecule has 1 aliphatic carbocycles. The van der Waals surface area contributed by atoms with E-state index in [1.807, 2.05) is 0 Å². The van der Waals surface area contributed by atoms with Crippen molar-refractivity contribution in [3.05, 3.63) is 0 Å². The van der Waals surface area contributed by atoms with Crippen LogP contribution < -0.4 is 0 Å². The molecule has 0 radical (unpaired) electrons. The number of rotatable bonds is 6. The predicted molar refractivity (Wildman–Crippen MR) is 79.8 cm³/mol. The van der Waals surface area contributed by atoms with E-state index >= 15 is 0 Å². The van der Waals surface area contributed by atoms with Gasteiger partial charge >= 0.3 is 0 Å². The van der Waals surface area contributed by atoms with Crippen LogP contribution in [0.15, 0.2) is 0 Å². The molecule has 0 amide bonds. The van der Waals surface area contributed by atoms with E-state index in [9.17, 15) is 4.79 Å². The molecule has 0 aromatic carbocycles. The van der Waals surface area contributed by atoms with Crippen LogP contribution in [-0.2, 0) is 9.53 Å². The summed E-state index contributed by atoms with van der Waals surface area (Å²) in [5.74, 6) is 0.537. The molecule has 3 aliphatic rings. The minimum absolute atomic E-state index is 0.0625. The van der Waals surface area contributed by atoms with Gasteiger partial charge in [0.25, 0.3) is 0 Å². The maximum atomic E-state index is 12.8. The molecule has 2 heterocycles. The Bertz CT molecular complexity index is 324. The van der Waals surface area contributed by atoms with E-state index in [0.717, 1.165) is 51.8 Å². The molecule has 2 saturated heterocycles. The molecule has 3 rings (SSSR count). The molecule has 114 valence electrons. The summed E-state index contributed by atoms with van der Waals surface area (Å²) in [5.41, 5.74) is -0.0625. The van der Waals surface area contributed by atoms with Gasteiger partial charge in [0, 0.05) is 13.0 Å². The average molecular weight is 279 g/mol. The zero-order chi connectivity index (χ0) is 13.8. The van der Waals surface area contributed by atoms with E-state index in [2.05, 4.69) is 4.90 Å². The van der Waals surface area contributed by atoms with Crippen LogP contribution >= 0.6 is 0 Å². The third kappa shape index (κ3) is 2.94. The van der Waals surface area contributed by atoms with Gasteiger partial charge in [-0.2, -0.15) is 0 Å². The fraction of sp³-hybridized carbons (Fsp3) is 0.941. The molecule has 3 nitrogen and oxygen atoms in total. The summed E-state index contributed by atoms with van der Waals surface area (Å²) in [6, 6.07) is 0. The lowest BCUT2D eigenvalue weighted by Crippen LogP contribution is -2.51. The zero-order valence-electron chi connectivity index (χ0n) is 12.7. The number of hydrogen-bond acceptors (Lipinski definition) is 3. The minimum atomic E-state index is -0.0625. The lowest BCUT2D eigenvalue weighted by Gasteiger charge is -2.37. The van der Waals surface area contributed by atoms with Gasteiger partial charge in [0.15, 0.2) is 5.78 Å². The quantitative estimate of drug-likeness (QED) is 0.747. The number of ketones is 1. The Balaban J connectivity index is 1.52. The molecular weight excluding hydrogens is 250 g/mol. The summed E-state index contributed by atoms with van der Waals surface area (Å²) in [7, 11) is 0. The molecule has 1 unspecified atom stereocenters. The van der Waals surface area contributed by atoms with E-state index in [-0.39, 0.29) is 5.54 Å². The molecule has 3 heteroatoms. The van der Waals surface area contributed by atoms with Crippen molar-refractivity contribution in [1.29, 1.82) is 0 Å². The highest BCUT2D eigenvalue weighted by atomic mass is 16.5. The Morgan fingerprint density at radius 3 is 2.50 bits per heavy atom. The van der Waals surface area contributed by atoms with E-state index in [1.165, 1.54) is 38.5 Å². The van der Waals surface area contributed by atoms with Crippen LogP contribution in [0, 0.1) is 0 Å². The molecule has 2 aliphatic heterocycles. The van der Waals surface area contributed by atoms with Gasteiger partial charge in [0.2, 0.25) is 0 Å². The van der Waals surface area contributed by atoms with Gasteiger partial charge in [-0.05, 0) is 64.5 Å². The summed E-state index contributed by atoms with van der Waals surface area (Å²) in [5, 5.41) is 0. The molecular formula is C17H29NO2. The fourth-order valence-electron chi connectivity index (χ4n) is 4.47. The van der Waals surface area contributed by atoms with E-state index in [0.29, 0.717) is 11.9 Å². The van der Waals surface area contributed by atoms with Crippen LogP contribution in [0.2, 0.25) is 0 Å². The lowest BCUT2D eigenvalue weighted by molar-refractivity contribution is -0.130. The molecule has 20 heavy (non-hydrogen) atoms. The highest BCUT2D eigenvalue weighted by Crippen LogP contribution is 2.39. The summed E-state index contributed by atoms with van der Waals surface area (Å²) in [6.45, 7) is 3.23. The first kappa shape index (κ1) is 14.5. The lowest BCUT2D eigenvalue weighted by atomic mass is 9.87. The van der Waals surface area contributed by atoms with Gasteiger partial charge in [0.05, 0.1) is 11.6 Å². The minimum Gasteiger partial charge on any atom is -0.378 e. The smallest absolute Gasteiger partial charge is 0.153 e. The van der Waals surface area contributed by atoms with Gasteiger partial charge in [-0.25, -0.2) is 0 Å². The van der Waals surface area contributed by atoms with Crippen LogP contribution in [0.5, 0.6) is 0 Å². The molecule has 0 spiro atoms. The molecule has 0 bridgehead atoms. The molecule has 0 N–H and O–H groups in total. The van der Waals surface area contributed by atoms with Crippen molar-refractivity contribution >= 4 is 5.78 Å². The van der Waals surface area contributed by atoms with Crippen molar-refractivity contribution in [3.63, 3.8) is 0 Å². The molecule has 0 aromatic heterocycles. The Labute approximate surface area is 123 Å². The van der Waals surface area contributed by atoms with Crippen molar-refractivity contribution in [1.82, 2.24) is 4.90 Å². The van der Waals surface area contributed by atoms with Crippen molar-refractivity contribution in [2.75, 3.05) is 19.7 Å². The maximum Gasteiger partial charge on any atom is 0.153 e. The second-order valence-electron chi connectivity index (χ2n) is 6.88. The number of carbonyl (C=O) groups excluding carboxylic acids is 1. The normalized spacial score (nSPS) is 30.1. The zero-order valence-corrected chi connectivity index (χ0v) is 12.7. The predicted octanol–water partition coefficient (Wildman–Crippen LogP) is 3.31. The molecule has 0 aromatic rings. The first-order valence-corrected chi connectivity index (χ1v) is 8.71. The van der Waals surface area contributed by atoms with E-state index < -0.39 is 0 Å². The number of carbonyl (C=O) groups is 1. The van der Waals surface area contributed by atoms with E-state index in [1.54, 1.807) is 0 Å². The highest BCUT2D eigenvalue weighted by Gasteiger charge is 2.45. The molecule has 1 saturated carbocycles. The molecule has 3 fully saturated rings. The van der Waals surface area contributed by atoms with Gasteiger partial charge in [0.1, 0.15) is 0 Å². The number of nitrogens with zero attached hydrogens (tertiary/aromatic N) is 1. The Morgan fingerprint density at radius 2 is 1.85 bits per heavy atom. The number of hydrogen-bond donors (Lipinski definition) is 0. The van der Waals surface area contributed by atoms with Crippen molar-refractivity contribution in [2.45, 2.75) is 82.3 Å². The summed E-state index contributed by atoms with van der Waals surface area (Å²) in [4.78, 5) is 15.4. The average Bonchev–Trinajstić information content (AvgIpc) is 3.20. The third-order valence-corrected chi connectivity index (χ3v) is 5.62. The van der Waals surface area contributed by atoms with Crippen LogP contribution in [0.3, 0.4) is 0 Å². The number of likely N-dealkylation sites (tertiary alicyclic amines) is 1. The van der Waals surface area contributed by atoms with E-state index in [4.69, 9.17) is 4.74 Å². The highest BCUT2D eigenvalue weighted by molar-refractivity contribution is 5.88. The summed E-state index contributed by atoms with van der Waals surface area (Å²) < 4.78 is 5.66. The van der Waals surface area contributed by atoms with Crippen LogP contribution in [0.25, 0.3) is 0 Å². The first-order chi connectivity index (χ1) is 9.81. The fourth-order valence-corrected chi connectivity index (χ4v) is 4.47. The second-order valence-corrected chi connectivity index (χ2v) is 6.88. The number of Topliss-reactive ketones (excluding diaryl/α,β-unsaturated/α-hetero) is 1. The Hall–Kier alpha value is -0.410. The summed E-state index contributed by atoms with van der Waals surface area (Å²) >= 11 is 0. The van der Waals surface area contributed by atoms with Crippen molar-refractivity contribution in [3.8, 4) is 0 Å². The summed E-state index contributed by atoms with van der Waals surface area (Å²) in [6.07, 6.45) is 13.0. The topological polar surface area (TPSA) is 29.5 Å². The van der Waals surface area contributed by atoms with Gasteiger partial charge in [-0.1, -0.05) is 12.8 Å². The SMILES string of the molecule is O=C(CCCC1CCCO1)C1(N2CCCC2)CCCC1. The van der Waals surface area contributed by atoms with Gasteiger partial charge in [-0.3, -0.25) is 9.69 Å². The van der Waals surface area contributed by atoms with Gasteiger partial charge in [-0.15, -0.1) is 0 Å². The van der Waals surface area contributed by atoms with Crippen molar-refractivity contribution < 1.29 is 9.53 Å². The second kappa shape index (κ2) is 6.57. The monoisotopic (exact) mass is 279 g/mol. The van der Waals surface area contributed by atoms with Gasteiger partial charge < -0.3 is 4.74 Å². The van der Waals surface area contributed by atoms with Crippen LogP contribution in [-0.4, -0.2) is 42.0 Å². The maximum absolute atomic E-state index is 12.8. The standard InChI is InChI=1S/C17H29NO2/c19-16(9-5-7-15-8-6-14-20-15)17(10-1-2-11-17)18-12-3-4-13-18/h15H,1-14H2. The van der Waals surface area contributed by atoms with Crippen LogP contribution in [0.1, 0.15) is 70.6 Å². The largest absolute Gasteiger partial charge is 0.378 e. The molecule has 1 atom stereocenters. The number of ether oxygens (including phenoxy) is 1.